The number of benzene rings is 2. The van der Waals surface area contributed by atoms with Gasteiger partial charge in [-0.1, -0.05) is 44.2 Å². The first-order valence-corrected chi connectivity index (χ1v) is 7.26. The first-order chi connectivity index (χ1) is 10.6. The number of para-hydroxylation sites is 3. The lowest BCUT2D eigenvalue weighted by Crippen LogP contribution is -2.21. The molecule has 22 heavy (non-hydrogen) atoms. The molecule has 0 heterocycles. The van der Waals surface area contributed by atoms with Gasteiger partial charge in [0.25, 0.3) is 5.91 Å². The standard InChI is InChI=1S/C18H21NO3/c1-13(2)14-8-4-5-9-15(14)19-18(20)12-22-17-11-7-6-10-16(17)21-3/h4-11,13H,12H2,1-3H3,(H,19,20). The van der Waals surface area contributed by atoms with Crippen molar-refractivity contribution in [3.05, 3.63) is 54.1 Å². The van der Waals surface area contributed by atoms with Gasteiger partial charge in [-0.15, -0.1) is 0 Å². The summed E-state index contributed by atoms with van der Waals surface area (Å²) in [4.78, 5) is 12.1. The van der Waals surface area contributed by atoms with E-state index in [1.807, 2.05) is 36.4 Å². The van der Waals surface area contributed by atoms with Gasteiger partial charge in [0.2, 0.25) is 0 Å². The molecular formula is C18H21NO3. The van der Waals surface area contributed by atoms with Gasteiger partial charge in [0.1, 0.15) is 0 Å². The van der Waals surface area contributed by atoms with Crippen molar-refractivity contribution in [3.8, 4) is 11.5 Å². The summed E-state index contributed by atoms with van der Waals surface area (Å²) in [6, 6.07) is 15.0. The average Bonchev–Trinajstić information content (AvgIpc) is 2.53. The molecule has 4 nitrogen and oxygen atoms in total. The predicted octanol–water partition coefficient (Wildman–Crippen LogP) is 3.84. The number of hydrogen-bond donors (Lipinski definition) is 1. The number of hydrogen-bond acceptors (Lipinski definition) is 3. The zero-order valence-corrected chi connectivity index (χ0v) is 13.1. The molecular weight excluding hydrogens is 278 g/mol. The summed E-state index contributed by atoms with van der Waals surface area (Å²) in [7, 11) is 1.57. The Balaban J connectivity index is 1.99. The smallest absolute Gasteiger partial charge is 0.262 e. The lowest BCUT2D eigenvalue weighted by molar-refractivity contribution is -0.118. The lowest BCUT2D eigenvalue weighted by atomic mass is 10.0. The maximum atomic E-state index is 12.1. The number of nitrogens with one attached hydrogen (secondary N) is 1. The van der Waals surface area contributed by atoms with E-state index in [4.69, 9.17) is 9.47 Å². The topological polar surface area (TPSA) is 47.6 Å². The zero-order chi connectivity index (χ0) is 15.9. The third kappa shape index (κ3) is 4.01. The Morgan fingerprint density at radius 3 is 2.36 bits per heavy atom. The number of carbonyl (C=O) groups is 1. The molecule has 2 aromatic carbocycles. The molecule has 0 aliphatic carbocycles. The van der Waals surface area contributed by atoms with E-state index in [9.17, 15) is 4.79 Å². The maximum absolute atomic E-state index is 12.1. The molecule has 116 valence electrons. The van der Waals surface area contributed by atoms with Gasteiger partial charge < -0.3 is 14.8 Å². The van der Waals surface area contributed by atoms with Crippen LogP contribution in [0.2, 0.25) is 0 Å². The second-order valence-electron chi connectivity index (χ2n) is 5.23. The molecule has 0 bridgehead atoms. The third-order valence-electron chi connectivity index (χ3n) is 3.28. The number of anilines is 1. The quantitative estimate of drug-likeness (QED) is 0.881. The Hall–Kier alpha value is -2.49. The van der Waals surface area contributed by atoms with Gasteiger partial charge in [-0.25, -0.2) is 0 Å². The van der Waals surface area contributed by atoms with Crippen LogP contribution in [0.1, 0.15) is 25.3 Å². The van der Waals surface area contributed by atoms with Crippen LogP contribution in [0.15, 0.2) is 48.5 Å². The molecule has 1 amide bonds. The van der Waals surface area contributed by atoms with Gasteiger partial charge in [-0.3, -0.25) is 4.79 Å². The number of methoxy groups -OCH3 is 1. The Morgan fingerprint density at radius 1 is 1.05 bits per heavy atom. The molecule has 0 saturated carbocycles. The molecule has 4 heteroatoms. The van der Waals surface area contributed by atoms with Crippen LogP contribution < -0.4 is 14.8 Å². The number of carbonyl (C=O) groups excluding carboxylic acids is 1. The highest BCUT2D eigenvalue weighted by Crippen LogP contribution is 2.26. The fraction of sp³-hybridized carbons (Fsp3) is 0.278. The van der Waals surface area contributed by atoms with Crippen LogP contribution in [0.25, 0.3) is 0 Å². The molecule has 0 fully saturated rings. The van der Waals surface area contributed by atoms with Gasteiger partial charge in [0, 0.05) is 5.69 Å². The molecule has 0 spiro atoms. The minimum Gasteiger partial charge on any atom is -0.493 e. The van der Waals surface area contributed by atoms with Crippen molar-refractivity contribution in [2.24, 2.45) is 0 Å². The predicted molar refractivity (Wildman–Crippen MR) is 87.6 cm³/mol. The van der Waals surface area contributed by atoms with E-state index in [1.54, 1.807) is 19.2 Å². The van der Waals surface area contributed by atoms with Crippen LogP contribution in [0.5, 0.6) is 11.5 Å². The monoisotopic (exact) mass is 299 g/mol. The Kier molecular flexibility index (Phi) is 5.42. The minimum atomic E-state index is -0.195. The fourth-order valence-corrected chi connectivity index (χ4v) is 2.18. The lowest BCUT2D eigenvalue weighted by Gasteiger charge is -2.14. The summed E-state index contributed by atoms with van der Waals surface area (Å²) >= 11 is 0. The zero-order valence-electron chi connectivity index (χ0n) is 13.1. The van der Waals surface area contributed by atoms with Crippen molar-refractivity contribution in [3.63, 3.8) is 0 Å². The Morgan fingerprint density at radius 2 is 1.68 bits per heavy atom. The SMILES string of the molecule is COc1ccccc1OCC(=O)Nc1ccccc1C(C)C. The average molecular weight is 299 g/mol. The first-order valence-electron chi connectivity index (χ1n) is 7.26. The van der Waals surface area contributed by atoms with Crippen LogP contribution in [-0.4, -0.2) is 19.6 Å². The molecule has 0 aliphatic heterocycles. The molecule has 2 rings (SSSR count). The normalized spacial score (nSPS) is 10.4. The Bertz CT molecular complexity index is 638. The second-order valence-corrected chi connectivity index (χ2v) is 5.23. The van der Waals surface area contributed by atoms with Gasteiger partial charge in [-0.05, 0) is 29.7 Å². The molecule has 1 N–H and O–H groups in total. The molecule has 0 aromatic heterocycles. The largest absolute Gasteiger partial charge is 0.493 e. The van der Waals surface area contributed by atoms with E-state index in [-0.39, 0.29) is 12.5 Å². The van der Waals surface area contributed by atoms with Crippen LogP contribution in [-0.2, 0) is 4.79 Å². The highest BCUT2D eigenvalue weighted by Gasteiger charge is 2.10. The van der Waals surface area contributed by atoms with Crippen molar-refractivity contribution >= 4 is 11.6 Å². The summed E-state index contributed by atoms with van der Waals surface area (Å²) in [5, 5.41) is 2.89. The maximum Gasteiger partial charge on any atom is 0.262 e. The van der Waals surface area contributed by atoms with Gasteiger partial charge in [0.05, 0.1) is 7.11 Å². The van der Waals surface area contributed by atoms with Gasteiger partial charge >= 0.3 is 0 Å². The Labute approximate surface area is 131 Å². The summed E-state index contributed by atoms with van der Waals surface area (Å²) in [6.07, 6.45) is 0. The summed E-state index contributed by atoms with van der Waals surface area (Å²) in [5.74, 6) is 1.31. The number of ether oxygens (including phenoxy) is 2. The molecule has 0 atom stereocenters. The fourth-order valence-electron chi connectivity index (χ4n) is 2.18. The number of amides is 1. The van der Waals surface area contributed by atoms with Crippen molar-refractivity contribution in [1.29, 1.82) is 0 Å². The van der Waals surface area contributed by atoms with Gasteiger partial charge in [-0.2, -0.15) is 0 Å². The van der Waals surface area contributed by atoms with E-state index in [1.165, 1.54) is 0 Å². The van der Waals surface area contributed by atoms with E-state index < -0.39 is 0 Å². The second kappa shape index (κ2) is 7.50. The van der Waals surface area contributed by atoms with Crippen molar-refractivity contribution < 1.29 is 14.3 Å². The third-order valence-corrected chi connectivity index (χ3v) is 3.28. The van der Waals surface area contributed by atoms with Crippen LogP contribution >= 0.6 is 0 Å². The molecule has 2 aromatic rings. The minimum absolute atomic E-state index is 0.0627. The van der Waals surface area contributed by atoms with Gasteiger partial charge in [0.15, 0.2) is 18.1 Å². The first kappa shape index (κ1) is 15.9. The molecule has 0 radical (unpaired) electrons. The van der Waals surface area contributed by atoms with E-state index in [0.717, 1.165) is 11.3 Å². The molecule has 0 saturated heterocycles. The van der Waals surface area contributed by atoms with Crippen LogP contribution in [0.4, 0.5) is 5.69 Å². The van der Waals surface area contributed by atoms with Crippen LogP contribution in [0, 0.1) is 0 Å². The molecule has 0 aliphatic rings. The van der Waals surface area contributed by atoms with E-state index in [0.29, 0.717) is 17.4 Å². The van der Waals surface area contributed by atoms with Crippen LogP contribution in [0.3, 0.4) is 0 Å². The highest BCUT2D eigenvalue weighted by atomic mass is 16.5. The van der Waals surface area contributed by atoms with Crippen molar-refractivity contribution in [1.82, 2.24) is 0 Å². The summed E-state index contributed by atoms with van der Waals surface area (Å²) < 4.78 is 10.7. The number of rotatable bonds is 6. The van der Waals surface area contributed by atoms with Crippen molar-refractivity contribution in [2.75, 3.05) is 19.0 Å². The highest BCUT2D eigenvalue weighted by molar-refractivity contribution is 5.92. The van der Waals surface area contributed by atoms with E-state index in [2.05, 4.69) is 19.2 Å². The molecule has 0 unspecified atom stereocenters. The van der Waals surface area contributed by atoms with E-state index >= 15 is 0 Å². The summed E-state index contributed by atoms with van der Waals surface area (Å²) in [6.45, 7) is 4.12. The van der Waals surface area contributed by atoms with Crippen molar-refractivity contribution in [2.45, 2.75) is 19.8 Å². The summed E-state index contributed by atoms with van der Waals surface area (Å²) in [5.41, 5.74) is 1.93.